The van der Waals surface area contributed by atoms with Crippen molar-refractivity contribution in [1.29, 1.82) is 0 Å². The first-order chi connectivity index (χ1) is 22.2. The summed E-state index contributed by atoms with van der Waals surface area (Å²) in [6, 6.07) is 25.1. The number of para-hydroxylation sites is 1. The molecule has 0 aliphatic heterocycles. The van der Waals surface area contributed by atoms with Gasteiger partial charge in [-0.05, 0) is 64.8 Å². The van der Waals surface area contributed by atoms with E-state index in [2.05, 4.69) is 5.32 Å². The Morgan fingerprint density at radius 2 is 1.23 bits per heavy atom. The van der Waals surface area contributed by atoms with Crippen LogP contribution in [-0.4, -0.2) is 39.8 Å². The van der Waals surface area contributed by atoms with Gasteiger partial charge in [-0.15, -0.1) is 0 Å². The third-order valence-corrected chi connectivity index (χ3v) is 6.48. The Kier molecular flexibility index (Phi) is 10.9. The van der Waals surface area contributed by atoms with Gasteiger partial charge in [0.2, 0.25) is 0 Å². The van der Waals surface area contributed by atoms with E-state index < -0.39 is 35.2 Å². The minimum absolute atomic E-state index is 0.0141. The molecule has 4 aromatic rings. The number of hydrogen-bond acceptors (Lipinski definition) is 8. The van der Waals surface area contributed by atoms with E-state index in [1.54, 1.807) is 90.1 Å². The summed E-state index contributed by atoms with van der Waals surface area (Å²) in [6.07, 6.45) is 0.428. The van der Waals surface area contributed by atoms with Crippen LogP contribution in [0.1, 0.15) is 68.7 Å². The zero-order valence-corrected chi connectivity index (χ0v) is 27.5. The molecule has 0 radical (unpaired) electrons. The zero-order valence-electron chi connectivity index (χ0n) is 27.5. The van der Waals surface area contributed by atoms with Crippen LogP contribution in [0.25, 0.3) is 17.0 Å². The van der Waals surface area contributed by atoms with Gasteiger partial charge in [-0.1, -0.05) is 78.9 Å². The van der Waals surface area contributed by atoms with Crippen molar-refractivity contribution in [3.8, 4) is 0 Å². The molecule has 0 spiro atoms. The van der Waals surface area contributed by atoms with Gasteiger partial charge in [0.15, 0.2) is 0 Å². The highest BCUT2D eigenvalue weighted by Gasteiger charge is 2.30. The minimum atomic E-state index is -0.909. The maximum atomic E-state index is 13.8. The van der Waals surface area contributed by atoms with Crippen molar-refractivity contribution in [2.75, 3.05) is 0 Å². The third-order valence-electron chi connectivity index (χ3n) is 6.48. The molecule has 0 aliphatic rings. The maximum absolute atomic E-state index is 13.8. The number of nitrogens with one attached hydrogen (secondary N) is 1. The molecular formula is C37H40N2O8. The molecule has 246 valence electrons. The number of carbonyl (C=O) groups is 4. The fraction of sp³-hybridized carbons (Fsp3) is 0.297. The molecule has 0 unspecified atom stereocenters. The fourth-order valence-electron chi connectivity index (χ4n) is 4.65. The van der Waals surface area contributed by atoms with Crippen LogP contribution in [0.3, 0.4) is 0 Å². The fourth-order valence-corrected chi connectivity index (χ4v) is 4.65. The van der Waals surface area contributed by atoms with Crippen molar-refractivity contribution >= 4 is 41.0 Å². The average molecular weight is 641 g/mol. The second-order valence-corrected chi connectivity index (χ2v) is 12.8. The molecule has 0 atom stereocenters. The molecule has 1 amide bonds. The van der Waals surface area contributed by atoms with Crippen LogP contribution in [0.2, 0.25) is 0 Å². The summed E-state index contributed by atoms with van der Waals surface area (Å²) in [5, 5.41) is 3.02. The molecule has 1 N–H and O–H groups in total. The summed E-state index contributed by atoms with van der Waals surface area (Å²) in [4.78, 5) is 53.5. The normalized spacial score (nSPS) is 11.9. The zero-order chi connectivity index (χ0) is 34.2. The van der Waals surface area contributed by atoms with Crippen LogP contribution in [-0.2, 0) is 48.3 Å². The molecule has 1 aromatic heterocycles. The van der Waals surface area contributed by atoms with Gasteiger partial charge in [0.05, 0.1) is 0 Å². The predicted molar refractivity (Wildman–Crippen MR) is 177 cm³/mol. The van der Waals surface area contributed by atoms with Crippen LogP contribution in [0.15, 0.2) is 90.6 Å². The Balaban J connectivity index is 1.81. The van der Waals surface area contributed by atoms with Gasteiger partial charge < -0.3 is 23.5 Å². The molecule has 0 aliphatic carbocycles. The molecule has 10 heteroatoms. The third kappa shape index (κ3) is 10.1. The topological polar surface area (TPSA) is 122 Å². The monoisotopic (exact) mass is 640 g/mol. The summed E-state index contributed by atoms with van der Waals surface area (Å²) in [5.41, 5.74) is 0.260. The summed E-state index contributed by atoms with van der Waals surface area (Å²) in [7, 11) is 0. The van der Waals surface area contributed by atoms with Crippen LogP contribution < -0.4 is 5.32 Å². The van der Waals surface area contributed by atoms with E-state index in [-0.39, 0.29) is 36.7 Å². The lowest BCUT2D eigenvalue weighted by atomic mass is 10.1. The number of amides is 1. The van der Waals surface area contributed by atoms with E-state index in [0.29, 0.717) is 10.9 Å². The van der Waals surface area contributed by atoms with Crippen LogP contribution in [0.5, 0.6) is 0 Å². The van der Waals surface area contributed by atoms with Crippen LogP contribution in [0, 0.1) is 0 Å². The first-order valence-corrected chi connectivity index (χ1v) is 15.2. The van der Waals surface area contributed by atoms with Crippen molar-refractivity contribution in [2.24, 2.45) is 0 Å². The van der Waals surface area contributed by atoms with E-state index in [1.807, 2.05) is 36.4 Å². The predicted octanol–water partition coefficient (Wildman–Crippen LogP) is 6.95. The van der Waals surface area contributed by atoms with E-state index >= 15 is 0 Å². The molecule has 1 heterocycles. The van der Waals surface area contributed by atoms with E-state index in [0.717, 1.165) is 11.1 Å². The molecule has 0 saturated carbocycles. The highest BCUT2D eigenvalue weighted by Crippen LogP contribution is 2.31. The minimum Gasteiger partial charge on any atom is -0.459 e. The number of aromatic nitrogens is 1. The number of nitrogens with zero attached hydrogens (tertiary/aromatic N) is 1. The van der Waals surface area contributed by atoms with Crippen LogP contribution in [0.4, 0.5) is 4.79 Å². The number of alkyl carbamates (subject to hydrolysis) is 1. The molecular weight excluding hydrogens is 600 g/mol. The SMILES string of the molecule is CC(C)(C)OC(=O)Cn1c(C(=O)OC(C)(C)C)c(/C=C(\NC(=O)OCc2ccccc2)C(=O)OCc2ccccc2)c2ccccc21. The first-order valence-electron chi connectivity index (χ1n) is 15.2. The maximum Gasteiger partial charge on any atom is 0.412 e. The number of fused-ring (bicyclic) bond motifs is 1. The number of rotatable bonds is 10. The van der Waals surface area contributed by atoms with Crippen molar-refractivity contribution in [1.82, 2.24) is 9.88 Å². The number of carbonyl (C=O) groups excluding carboxylic acids is 4. The van der Waals surface area contributed by atoms with Gasteiger partial charge in [-0.2, -0.15) is 0 Å². The number of ether oxygens (including phenoxy) is 4. The average Bonchev–Trinajstić information content (AvgIpc) is 3.30. The lowest BCUT2D eigenvalue weighted by Crippen LogP contribution is -2.30. The quantitative estimate of drug-likeness (QED) is 0.112. The lowest BCUT2D eigenvalue weighted by Gasteiger charge is -2.22. The summed E-state index contributed by atoms with van der Waals surface area (Å²) >= 11 is 0. The molecule has 4 rings (SSSR count). The first kappa shape index (κ1) is 34.5. The highest BCUT2D eigenvalue weighted by molar-refractivity contribution is 6.07. The highest BCUT2D eigenvalue weighted by atomic mass is 16.6. The second kappa shape index (κ2) is 14.8. The van der Waals surface area contributed by atoms with E-state index in [4.69, 9.17) is 18.9 Å². The molecule has 10 nitrogen and oxygen atoms in total. The Bertz CT molecular complexity index is 1760. The van der Waals surface area contributed by atoms with Gasteiger partial charge in [-0.3, -0.25) is 10.1 Å². The van der Waals surface area contributed by atoms with E-state index in [1.165, 1.54) is 10.6 Å². The van der Waals surface area contributed by atoms with Crippen molar-refractivity contribution in [3.05, 3.63) is 113 Å². The molecule has 0 bridgehead atoms. The summed E-state index contributed by atoms with van der Waals surface area (Å²) in [5.74, 6) is -2.19. The molecule has 0 saturated heterocycles. The van der Waals surface area contributed by atoms with Gasteiger partial charge in [-0.25, -0.2) is 14.4 Å². The van der Waals surface area contributed by atoms with E-state index in [9.17, 15) is 19.2 Å². The number of benzene rings is 3. The van der Waals surface area contributed by atoms with Crippen molar-refractivity contribution in [3.63, 3.8) is 0 Å². The smallest absolute Gasteiger partial charge is 0.412 e. The molecule has 47 heavy (non-hydrogen) atoms. The Morgan fingerprint density at radius 3 is 1.81 bits per heavy atom. The standard InChI is InChI=1S/C37H40N2O8/c1-36(2,3)46-31(40)22-39-30-20-14-13-19-27(30)28(32(39)34(42)47-37(4,5)6)21-29(33(41)44-23-25-15-9-7-10-16-25)38-35(43)45-24-26-17-11-8-12-18-26/h7-21H,22-24H2,1-6H3,(H,38,43)/b29-21-. The second-order valence-electron chi connectivity index (χ2n) is 12.8. The Hall–Kier alpha value is -5.38. The van der Waals surface area contributed by atoms with Crippen LogP contribution >= 0.6 is 0 Å². The summed E-state index contributed by atoms with van der Waals surface area (Å²) in [6.45, 7) is 9.97. The van der Waals surface area contributed by atoms with Crippen molar-refractivity contribution < 1.29 is 38.1 Å². The van der Waals surface area contributed by atoms with Gasteiger partial charge >= 0.3 is 24.0 Å². The summed E-state index contributed by atoms with van der Waals surface area (Å²) < 4.78 is 23.8. The van der Waals surface area contributed by atoms with Gasteiger partial charge in [0.1, 0.15) is 42.4 Å². The Morgan fingerprint density at radius 1 is 0.702 bits per heavy atom. The number of hydrogen-bond donors (Lipinski definition) is 1. The largest absolute Gasteiger partial charge is 0.459 e. The van der Waals surface area contributed by atoms with Gasteiger partial charge in [0, 0.05) is 16.5 Å². The van der Waals surface area contributed by atoms with Gasteiger partial charge in [0.25, 0.3) is 0 Å². The van der Waals surface area contributed by atoms with Crippen molar-refractivity contribution in [2.45, 2.75) is 72.5 Å². The molecule has 3 aromatic carbocycles. The number of esters is 3. The lowest BCUT2D eigenvalue weighted by molar-refractivity contribution is -0.155. The Labute approximate surface area is 274 Å². The molecule has 0 fully saturated rings.